The van der Waals surface area contributed by atoms with Gasteiger partial charge in [-0.05, 0) is 31.2 Å². The summed E-state index contributed by atoms with van der Waals surface area (Å²) in [5, 5.41) is 0. The zero-order valence-electron chi connectivity index (χ0n) is 10.6. The summed E-state index contributed by atoms with van der Waals surface area (Å²) in [5.41, 5.74) is 6.86. The van der Waals surface area contributed by atoms with Crippen molar-refractivity contribution in [1.29, 1.82) is 0 Å². The van der Waals surface area contributed by atoms with E-state index in [1.165, 1.54) is 18.2 Å². The minimum absolute atomic E-state index is 0.173. The molecule has 0 aliphatic heterocycles. The third-order valence-electron chi connectivity index (χ3n) is 2.82. The fourth-order valence-electron chi connectivity index (χ4n) is 1.97. The lowest BCUT2D eigenvalue weighted by Gasteiger charge is -2.24. The zero-order valence-corrected chi connectivity index (χ0v) is 10.6. The summed E-state index contributed by atoms with van der Waals surface area (Å²) in [5.74, 6) is -0.205. The van der Waals surface area contributed by atoms with E-state index in [-0.39, 0.29) is 12.4 Å². The molecule has 0 aliphatic rings. The molecule has 0 radical (unpaired) electrons. The molecule has 5 heteroatoms. The molecule has 1 aromatic carbocycles. The van der Waals surface area contributed by atoms with E-state index in [4.69, 9.17) is 5.73 Å². The van der Waals surface area contributed by atoms with Crippen LogP contribution in [0, 0.1) is 11.6 Å². The number of nitrogens with two attached hydrogens (primary N) is 1. The Kier molecular flexibility index (Phi) is 4.06. The maximum absolute atomic E-state index is 13.3. The number of benzene rings is 1. The maximum Gasteiger partial charge on any atom is 0.141 e. The molecule has 2 aromatic rings. The van der Waals surface area contributed by atoms with Crippen molar-refractivity contribution in [1.82, 2.24) is 4.98 Å². The Labute approximate surface area is 110 Å². The van der Waals surface area contributed by atoms with E-state index in [9.17, 15) is 8.78 Å². The summed E-state index contributed by atoms with van der Waals surface area (Å²) in [7, 11) is 0. The van der Waals surface area contributed by atoms with E-state index in [0.29, 0.717) is 23.6 Å². The molecule has 0 aliphatic carbocycles. The summed E-state index contributed by atoms with van der Waals surface area (Å²) in [6, 6.07) is 7.54. The van der Waals surface area contributed by atoms with Crippen molar-refractivity contribution < 1.29 is 8.78 Å². The molecule has 0 atom stereocenters. The molecule has 0 saturated heterocycles. The summed E-state index contributed by atoms with van der Waals surface area (Å²) in [6.45, 7) is 2.66. The molecule has 2 N–H and O–H groups in total. The van der Waals surface area contributed by atoms with Crippen LogP contribution in [0.5, 0.6) is 0 Å². The van der Waals surface area contributed by atoms with Crippen LogP contribution < -0.4 is 10.6 Å². The Balaban J connectivity index is 2.48. The van der Waals surface area contributed by atoms with Crippen LogP contribution in [0.15, 0.2) is 36.5 Å². The third kappa shape index (κ3) is 2.88. The lowest BCUT2D eigenvalue weighted by Crippen LogP contribution is -2.20. The Bertz CT molecular complexity index is 572. The SMILES string of the molecule is CCN(c1cccc(F)c1)c1ncc(F)cc1CN. The molecule has 1 aromatic heterocycles. The maximum atomic E-state index is 13.3. The Morgan fingerprint density at radius 1 is 1.21 bits per heavy atom. The Morgan fingerprint density at radius 2 is 2.00 bits per heavy atom. The van der Waals surface area contributed by atoms with E-state index >= 15 is 0 Å². The first-order valence-corrected chi connectivity index (χ1v) is 6.03. The van der Waals surface area contributed by atoms with Gasteiger partial charge in [0.25, 0.3) is 0 Å². The fourth-order valence-corrected chi connectivity index (χ4v) is 1.97. The standard InChI is InChI=1S/C14H15F2N3/c1-2-19(13-5-3-4-11(15)7-13)14-10(8-17)6-12(16)9-18-14/h3-7,9H,2,8,17H2,1H3. The van der Waals surface area contributed by atoms with Gasteiger partial charge in [-0.25, -0.2) is 13.8 Å². The highest BCUT2D eigenvalue weighted by atomic mass is 19.1. The Morgan fingerprint density at radius 3 is 2.63 bits per heavy atom. The molecular formula is C14H15F2N3. The topological polar surface area (TPSA) is 42.2 Å². The van der Waals surface area contributed by atoms with Gasteiger partial charge in [0, 0.05) is 24.3 Å². The summed E-state index contributed by atoms with van der Waals surface area (Å²) < 4.78 is 26.5. The summed E-state index contributed by atoms with van der Waals surface area (Å²) in [4.78, 5) is 5.87. The van der Waals surface area contributed by atoms with Crippen LogP contribution >= 0.6 is 0 Å². The predicted molar refractivity (Wildman–Crippen MR) is 71.2 cm³/mol. The monoisotopic (exact) mass is 263 g/mol. The van der Waals surface area contributed by atoms with Crippen molar-refractivity contribution in [2.45, 2.75) is 13.5 Å². The number of hydrogen-bond donors (Lipinski definition) is 1. The molecule has 0 unspecified atom stereocenters. The van der Waals surface area contributed by atoms with Crippen molar-refractivity contribution in [2.24, 2.45) is 5.73 Å². The van der Waals surface area contributed by atoms with Gasteiger partial charge in [0.2, 0.25) is 0 Å². The molecule has 0 bridgehead atoms. The van der Waals surface area contributed by atoms with Gasteiger partial charge in [0.15, 0.2) is 0 Å². The van der Waals surface area contributed by atoms with Crippen LogP contribution in [0.25, 0.3) is 0 Å². The second-order valence-corrected chi connectivity index (χ2v) is 4.06. The van der Waals surface area contributed by atoms with Gasteiger partial charge < -0.3 is 10.6 Å². The fraction of sp³-hybridized carbons (Fsp3) is 0.214. The van der Waals surface area contributed by atoms with Crippen molar-refractivity contribution in [3.63, 3.8) is 0 Å². The highest BCUT2D eigenvalue weighted by Crippen LogP contribution is 2.27. The van der Waals surface area contributed by atoms with Crippen LogP contribution in [0.2, 0.25) is 0 Å². The molecule has 1 heterocycles. The number of halogens is 2. The van der Waals surface area contributed by atoms with Crippen LogP contribution in [-0.2, 0) is 6.54 Å². The summed E-state index contributed by atoms with van der Waals surface area (Å²) >= 11 is 0. The van der Waals surface area contributed by atoms with E-state index in [1.54, 1.807) is 17.0 Å². The molecule has 0 saturated carbocycles. The van der Waals surface area contributed by atoms with Crippen molar-refractivity contribution in [3.8, 4) is 0 Å². The number of hydrogen-bond acceptors (Lipinski definition) is 3. The van der Waals surface area contributed by atoms with E-state index in [1.807, 2.05) is 6.92 Å². The van der Waals surface area contributed by atoms with Crippen LogP contribution in [0.4, 0.5) is 20.3 Å². The second kappa shape index (κ2) is 5.75. The van der Waals surface area contributed by atoms with Crippen molar-refractivity contribution in [2.75, 3.05) is 11.4 Å². The molecule has 19 heavy (non-hydrogen) atoms. The molecule has 0 fully saturated rings. The molecule has 3 nitrogen and oxygen atoms in total. The van der Waals surface area contributed by atoms with Gasteiger partial charge in [0.1, 0.15) is 17.5 Å². The smallest absolute Gasteiger partial charge is 0.141 e. The lowest BCUT2D eigenvalue weighted by atomic mass is 10.2. The van der Waals surface area contributed by atoms with Gasteiger partial charge in [-0.15, -0.1) is 0 Å². The molecular weight excluding hydrogens is 248 g/mol. The number of anilines is 2. The third-order valence-corrected chi connectivity index (χ3v) is 2.82. The van der Waals surface area contributed by atoms with Gasteiger partial charge in [-0.2, -0.15) is 0 Å². The molecule has 2 rings (SSSR count). The van der Waals surface area contributed by atoms with Gasteiger partial charge in [0.05, 0.1) is 6.20 Å². The Hall–Kier alpha value is -2.01. The second-order valence-electron chi connectivity index (χ2n) is 4.06. The number of pyridine rings is 1. The quantitative estimate of drug-likeness (QED) is 0.922. The van der Waals surface area contributed by atoms with E-state index < -0.39 is 5.82 Å². The van der Waals surface area contributed by atoms with Gasteiger partial charge in [-0.1, -0.05) is 6.07 Å². The molecule has 100 valence electrons. The van der Waals surface area contributed by atoms with Crippen molar-refractivity contribution in [3.05, 3.63) is 53.7 Å². The lowest BCUT2D eigenvalue weighted by molar-refractivity contribution is 0.617. The van der Waals surface area contributed by atoms with Crippen LogP contribution in [0.3, 0.4) is 0 Å². The van der Waals surface area contributed by atoms with Crippen LogP contribution in [0.1, 0.15) is 12.5 Å². The normalized spacial score (nSPS) is 10.5. The number of nitrogens with zero attached hydrogens (tertiary/aromatic N) is 2. The van der Waals surface area contributed by atoms with Gasteiger partial charge >= 0.3 is 0 Å². The highest BCUT2D eigenvalue weighted by molar-refractivity contribution is 5.62. The predicted octanol–water partition coefficient (Wildman–Crippen LogP) is 2.98. The number of aromatic nitrogens is 1. The largest absolute Gasteiger partial charge is 0.326 e. The first-order chi connectivity index (χ1) is 9.15. The minimum Gasteiger partial charge on any atom is -0.326 e. The van der Waals surface area contributed by atoms with Crippen molar-refractivity contribution >= 4 is 11.5 Å². The number of rotatable bonds is 4. The molecule has 0 amide bonds. The average Bonchev–Trinajstić information content (AvgIpc) is 2.41. The van der Waals surface area contributed by atoms with Gasteiger partial charge in [-0.3, -0.25) is 0 Å². The average molecular weight is 263 g/mol. The molecule has 0 spiro atoms. The first-order valence-electron chi connectivity index (χ1n) is 6.03. The highest BCUT2D eigenvalue weighted by Gasteiger charge is 2.14. The van der Waals surface area contributed by atoms with Crippen LogP contribution in [-0.4, -0.2) is 11.5 Å². The minimum atomic E-state index is -0.431. The van der Waals surface area contributed by atoms with E-state index in [2.05, 4.69) is 4.98 Å². The zero-order chi connectivity index (χ0) is 13.8. The summed E-state index contributed by atoms with van der Waals surface area (Å²) in [6.07, 6.45) is 1.14. The van der Waals surface area contributed by atoms with E-state index in [0.717, 1.165) is 6.20 Å². The first kappa shape index (κ1) is 13.4.